The van der Waals surface area contributed by atoms with E-state index in [1.165, 1.54) is 0 Å². The van der Waals surface area contributed by atoms with Crippen molar-refractivity contribution in [2.24, 2.45) is 0 Å². The van der Waals surface area contributed by atoms with Crippen molar-refractivity contribution in [1.82, 2.24) is 10.3 Å². The van der Waals surface area contributed by atoms with Gasteiger partial charge in [-0.1, -0.05) is 30.7 Å². The molecule has 0 fully saturated rings. The summed E-state index contributed by atoms with van der Waals surface area (Å²) in [5.74, 6) is 1.43. The van der Waals surface area contributed by atoms with E-state index in [-0.39, 0.29) is 0 Å². The summed E-state index contributed by atoms with van der Waals surface area (Å²) in [6.07, 6.45) is 3.51. The Morgan fingerprint density at radius 3 is 2.83 bits per heavy atom. The van der Waals surface area contributed by atoms with Crippen molar-refractivity contribution >= 4 is 11.6 Å². The molecule has 0 aliphatic rings. The average molecular weight is 263 g/mol. The largest absolute Gasteiger partial charge is 0.455 e. The molecule has 0 aliphatic carbocycles. The Morgan fingerprint density at radius 1 is 1.22 bits per heavy atom. The van der Waals surface area contributed by atoms with Gasteiger partial charge in [-0.2, -0.15) is 0 Å². The standard InChI is InChI=1S/C14H15ClN2O/c1-2-16-9-11-10-17-8-7-13(11)18-14-6-4-3-5-12(14)15/h3-8,10,16H,2,9H2,1H3. The van der Waals surface area contributed by atoms with E-state index in [9.17, 15) is 0 Å². The zero-order chi connectivity index (χ0) is 12.8. The molecule has 0 saturated carbocycles. The molecule has 2 rings (SSSR count). The molecule has 0 spiro atoms. The average Bonchev–Trinajstić information content (AvgIpc) is 2.40. The van der Waals surface area contributed by atoms with Crippen LogP contribution in [0.3, 0.4) is 0 Å². The lowest BCUT2D eigenvalue weighted by atomic mass is 10.2. The Balaban J connectivity index is 2.21. The van der Waals surface area contributed by atoms with Gasteiger partial charge in [0.15, 0.2) is 0 Å². The first-order chi connectivity index (χ1) is 8.81. The topological polar surface area (TPSA) is 34.2 Å². The number of aromatic nitrogens is 1. The van der Waals surface area contributed by atoms with Crippen LogP contribution in [0.4, 0.5) is 0 Å². The molecule has 0 bridgehead atoms. The lowest BCUT2D eigenvalue weighted by Gasteiger charge is -2.11. The molecule has 0 unspecified atom stereocenters. The molecular formula is C14H15ClN2O. The summed E-state index contributed by atoms with van der Waals surface area (Å²) in [6.45, 7) is 3.69. The van der Waals surface area contributed by atoms with E-state index < -0.39 is 0 Å². The van der Waals surface area contributed by atoms with Crippen LogP contribution < -0.4 is 10.1 Å². The molecule has 94 valence electrons. The summed E-state index contributed by atoms with van der Waals surface area (Å²) in [7, 11) is 0. The van der Waals surface area contributed by atoms with Crippen LogP contribution in [0.25, 0.3) is 0 Å². The molecule has 0 aliphatic heterocycles. The normalized spacial score (nSPS) is 10.3. The second-order valence-corrected chi connectivity index (χ2v) is 4.20. The molecule has 1 aromatic heterocycles. The molecule has 0 atom stereocenters. The van der Waals surface area contributed by atoms with Crippen LogP contribution in [0.5, 0.6) is 11.5 Å². The van der Waals surface area contributed by atoms with Crippen LogP contribution in [0.2, 0.25) is 5.02 Å². The zero-order valence-corrected chi connectivity index (χ0v) is 10.9. The van der Waals surface area contributed by atoms with Gasteiger partial charge in [-0.3, -0.25) is 4.98 Å². The van der Waals surface area contributed by atoms with Gasteiger partial charge in [-0.25, -0.2) is 0 Å². The first kappa shape index (κ1) is 12.9. The number of para-hydroxylation sites is 1. The summed E-state index contributed by atoms with van der Waals surface area (Å²) < 4.78 is 5.83. The number of hydrogen-bond donors (Lipinski definition) is 1. The Bertz CT molecular complexity index is 517. The van der Waals surface area contributed by atoms with Gasteiger partial charge in [-0.15, -0.1) is 0 Å². The number of ether oxygens (including phenoxy) is 1. The van der Waals surface area contributed by atoms with Gasteiger partial charge in [0, 0.05) is 24.5 Å². The van der Waals surface area contributed by atoms with E-state index in [0.717, 1.165) is 24.4 Å². The molecule has 1 heterocycles. The summed E-state index contributed by atoms with van der Waals surface area (Å²) in [4.78, 5) is 4.11. The highest BCUT2D eigenvalue weighted by atomic mass is 35.5. The number of rotatable bonds is 5. The highest BCUT2D eigenvalue weighted by Gasteiger charge is 2.06. The number of nitrogens with one attached hydrogen (secondary N) is 1. The smallest absolute Gasteiger partial charge is 0.146 e. The van der Waals surface area contributed by atoms with Gasteiger partial charge < -0.3 is 10.1 Å². The van der Waals surface area contributed by atoms with Crippen molar-refractivity contribution in [3.8, 4) is 11.5 Å². The van der Waals surface area contributed by atoms with Gasteiger partial charge in [0.25, 0.3) is 0 Å². The monoisotopic (exact) mass is 262 g/mol. The molecule has 1 aromatic carbocycles. The quantitative estimate of drug-likeness (QED) is 0.893. The van der Waals surface area contributed by atoms with Crippen molar-refractivity contribution in [2.45, 2.75) is 13.5 Å². The van der Waals surface area contributed by atoms with E-state index in [1.54, 1.807) is 12.4 Å². The predicted octanol–water partition coefficient (Wildman–Crippen LogP) is 3.64. The SMILES string of the molecule is CCNCc1cnccc1Oc1ccccc1Cl. The molecule has 0 amide bonds. The van der Waals surface area contributed by atoms with Crippen LogP contribution in [0.15, 0.2) is 42.7 Å². The van der Waals surface area contributed by atoms with E-state index in [1.807, 2.05) is 30.3 Å². The van der Waals surface area contributed by atoms with E-state index in [2.05, 4.69) is 17.2 Å². The number of nitrogens with zero attached hydrogens (tertiary/aromatic N) is 1. The molecule has 1 N–H and O–H groups in total. The van der Waals surface area contributed by atoms with Crippen LogP contribution in [-0.2, 0) is 6.54 Å². The predicted molar refractivity (Wildman–Crippen MR) is 73.1 cm³/mol. The third-order valence-electron chi connectivity index (χ3n) is 2.48. The van der Waals surface area contributed by atoms with Gasteiger partial charge in [-0.05, 0) is 24.7 Å². The summed E-state index contributed by atoms with van der Waals surface area (Å²) in [5.41, 5.74) is 1.01. The fourth-order valence-corrected chi connectivity index (χ4v) is 1.73. The summed E-state index contributed by atoms with van der Waals surface area (Å²) in [6, 6.07) is 9.27. The Labute approximate surface area is 112 Å². The first-order valence-electron chi connectivity index (χ1n) is 5.87. The number of halogens is 1. The third-order valence-corrected chi connectivity index (χ3v) is 2.79. The van der Waals surface area contributed by atoms with E-state index in [0.29, 0.717) is 10.8 Å². The maximum Gasteiger partial charge on any atom is 0.146 e. The van der Waals surface area contributed by atoms with Gasteiger partial charge in [0.05, 0.1) is 5.02 Å². The van der Waals surface area contributed by atoms with E-state index in [4.69, 9.17) is 16.3 Å². The van der Waals surface area contributed by atoms with Gasteiger partial charge in [0.2, 0.25) is 0 Å². The molecule has 18 heavy (non-hydrogen) atoms. The molecular weight excluding hydrogens is 248 g/mol. The highest BCUT2D eigenvalue weighted by molar-refractivity contribution is 6.32. The lowest BCUT2D eigenvalue weighted by Crippen LogP contribution is -2.12. The fourth-order valence-electron chi connectivity index (χ4n) is 1.55. The maximum atomic E-state index is 6.07. The number of pyridine rings is 1. The maximum absolute atomic E-state index is 6.07. The molecule has 3 nitrogen and oxygen atoms in total. The van der Waals surface area contributed by atoms with Crippen molar-refractivity contribution in [3.63, 3.8) is 0 Å². The fraction of sp³-hybridized carbons (Fsp3) is 0.214. The number of benzene rings is 1. The molecule has 2 aromatic rings. The second-order valence-electron chi connectivity index (χ2n) is 3.80. The first-order valence-corrected chi connectivity index (χ1v) is 6.25. The summed E-state index contributed by atoms with van der Waals surface area (Å²) in [5, 5.41) is 3.85. The van der Waals surface area contributed by atoms with Crippen LogP contribution in [0.1, 0.15) is 12.5 Å². The molecule has 0 saturated heterocycles. The number of hydrogen-bond acceptors (Lipinski definition) is 3. The lowest BCUT2D eigenvalue weighted by molar-refractivity contribution is 0.472. The van der Waals surface area contributed by atoms with Crippen molar-refractivity contribution in [2.75, 3.05) is 6.54 Å². The minimum Gasteiger partial charge on any atom is -0.455 e. The molecule has 0 radical (unpaired) electrons. The Hall–Kier alpha value is -1.58. The summed E-state index contributed by atoms with van der Waals surface area (Å²) >= 11 is 6.07. The Kier molecular flexibility index (Phi) is 4.56. The minimum absolute atomic E-state index is 0.601. The van der Waals surface area contributed by atoms with Crippen LogP contribution >= 0.6 is 11.6 Å². The highest BCUT2D eigenvalue weighted by Crippen LogP contribution is 2.30. The zero-order valence-electron chi connectivity index (χ0n) is 10.2. The van der Waals surface area contributed by atoms with Crippen molar-refractivity contribution in [1.29, 1.82) is 0 Å². The van der Waals surface area contributed by atoms with Crippen molar-refractivity contribution in [3.05, 3.63) is 53.3 Å². The minimum atomic E-state index is 0.601. The van der Waals surface area contributed by atoms with Crippen LogP contribution in [0, 0.1) is 0 Å². The molecule has 4 heteroatoms. The van der Waals surface area contributed by atoms with Gasteiger partial charge in [0.1, 0.15) is 11.5 Å². The third kappa shape index (κ3) is 3.22. The Morgan fingerprint density at radius 2 is 2.06 bits per heavy atom. The van der Waals surface area contributed by atoms with Gasteiger partial charge >= 0.3 is 0 Å². The second kappa shape index (κ2) is 6.38. The van der Waals surface area contributed by atoms with Crippen LogP contribution in [-0.4, -0.2) is 11.5 Å². The van der Waals surface area contributed by atoms with Crippen molar-refractivity contribution < 1.29 is 4.74 Å². The van der Waals surface area contributed by atoms with E-state index >= 15 is 0 Å².